The number of halogens is 1. The zero-order valence-electron chi connectivity index (χ0n) is 11.7. The first-order chi connectivity index (χ1) is 8.97. The molecule has 0 bridgehead atoms. The molecule has 0 saturated carbocycles. The van der Waals surface area contributed by atoms with E-state index in [1.54, 1.807) is 0 Å². The van der Waals surface area contributed by atoms with Crippen molar-refractivity contribution in [1.29, 1.82) is 0 Å². The Kier molecular flexibility index (Phi) is 4.43. The van der Waals surface area contributed by atoms with Gasteiger partial charge in [0.2, 0.25) is 0 Å². The highest BCUT2D eigenvalue weighted by atomic mass is 79.9. The molecule has 0 aliphatic carbocycles. The van der Waals surface area contributed by atoms with E-state index in [9.17, 15) is 0 Å². The van der Waals surface area contributed by atoms with Crippen LogP contribution in [0.4, 0.5) is 0 Å². The second-order valence-corrected chi connectivity index (χ2v) is 6.08. The average Bonchev–Trinajstić information content (AvgIpc) is 2.31. The number of aryl methyl sites for hydroxylation is 3. The number of rotatable bonds is 3. The van der Waals surface area contributed by atoms with Gasteiger partial charge in [0.05, 0.1) is 0 Å². The van der Waals surface area contributed by atoms with Crippen LogP contribution in [-0.2, 0) is 6.42 Å². The molecule has 1 unspecified atom stereocenters. The number of nitrogens with two attached hydrogens (primary N) is 1. The summed E-state index contributed by atoms with van der Waals surface area (Å²) in [6, 6.07) is 12.9. The van der Waals surface area contributed by atoms with Gasteiger partial charge in [0.15, 0.2) is 0 Å². The van der Waals surface area contributed by atoms with Gasteiger partial charge in [0.25, 0.3) is 0 Å². The molecule has 1 nitrogen and oxygen atoms in total. The van der Waals surface area contributed by atoms with Crippen molar-refractivity contribution in [2.45, 2.75) is 33.2 Å². The summed E-state index contributed by atoms with van der Waals surface area (Å²) in [5, 5.41) is 0. The molecule has 0 fully saturated rings. The van der Waals surface area contributed by atoms with Crippen LogP contribution in [0.5, 0.6) is 0 Å². The zero-order chi connectivity index (χ0) is 14.0. The van der Waals surface area contributed by atoms with Crippen LogP contribution in [0.3, 0.4) is 0 Å². The van der Waals surface area contributed by atoms with Crippen LogP contribution in [0.1, 0.15) is 33.9 Å². The van der Waals surface area contributed by atoms with Gasteiger partial charge < -0.3 is 5.73 Å². The lowest BCUT2D eigenvalue weighted by Gasteiger charge is -2.16. The number of hydrogen-bond donors (Lipinski definition) is 1. The molecule has 1 atom stereocenters. The van der Waals surface area contributed by atoms with E-state index in [0.29, 0.717) is 0 Å². The fraction of sp³-hybridized carbons (Fsp3) is 0.294. The molecule has 0 saturated heterocycles. The van der Waals surface area contributed by atoms with Crippen LogP contribution in [0.15, 0.2) is 40.9 Å². The molecule has 0 aliphatic rings. The normalized spacial score (nSPS) is 12.5. The quantitative estimate of drug-likeness (QED) is 0.878. The molecule has 0 aliphatic heterocycles. The van der Waals surface area contributed by atoms with Gasteiger partial charge in [-0.2, -0.15) is 0 Å². The fourth-order valence-electron chi connectivity index (χ4n) is 2.51. The summed E-state index contributed by atoms with van der Waals surface area (Å²) in [5.74, 6) is 0. The van der Waals surface area contributed by atoms with Crippen molar-refractivity contribution in [1.82, 2.24) is 0 Å². The van der Waals surface area contributed by atoms with E-state index in [-0.39, 0.29) is 6.04 Å². The summed E-state index contributed by atoms with van der Waals surface area (Å²) < 4.78 is 1.13. The molecule has 2 aromatic carbocycles. The Labute approximate surface area is 124 Å². The largest absolute Gasteiger partial charge is 0.324 e. The highest BCUT2D eigenvalue weighted by Gasteiger charge is 2.12. The molecule has 0 amide bonds. The van der Waals surface area contributed by atoms with Crippen LogP contribution in [-0.4, -0.2) is 0 Å². The first-order valence-electron chi connectivity index (χ1n) is 6.55. The molecule has 0 aromatic heterocycles. The van der Waals surface area contributed by atoms with E-state index in [1.807, 2.05) is 0 Å². The maximum atomic E-state index is 6.37. The molecule has 2 rings (SSSR count). The van der Waals surface area contributed by atoms with Crippen LogP contribution >= 0.6 is 15.9 Å². The Bertz CT molecular complexity index is 570. The number of hydrogen-bond acceptors (Lipinski definition) is 1. The first-order valence-corrected chi connectivity index (χ1v) is 7.34. The molecule has 2 heteroatoms. The number of benzene rings is 2. The van der Waals surface area contributed by atoms with Gasteiger partial charge in [-0.1, -0.05) is 63.5 Å². The van der Waals surface area contributed by atoms with Crippen molar-refractivity contribution >= 4 is 15.9 Å². The van der Waals surface area contributed by atoms with E-state index in [2.05, 4.69) is 73.1 Å². The van der Waals surface area contributed by atoms with Crippen molar-refractivity contribution in [2.75, 3.05) is 0 Å². The van der Waals surface area contributed by atoms with E-state index in [0.717, 1.165) is 10.9 Å². The summed E-state index contributed by atoms with van der Waals surface area (Å²) in [5.41, 5.74) is 12.7. The van der Waals surface area contributed by atoms with Crippen molar-refractivity contribution in [2.24, 2.45) is 5.73 Å². The molecule has 0 spiro atoms. The van der Waals surface area contributed by atoms with E-state index >= 15 is 0 Å². The monoisotopic (exact) mass is 317 g/mol. The Hall–Kier alpha value is -1.12. The lowest BCUT2D eigenvalue weighted by atomic mass is 9.96. The van der Waals surface area contributed by atoms with Crippen LogP contribution < -0.4 is 5.73 Å². The molecular weight excluding hydrogens is 298 g/mol. The van der Waals surface area contributed by atoms with Gasteiger partial charge in [-0.15, -0.1) is 0 Å². The summed E-state index contributed by atoms with van der Waals surface area (Å²) in [6.07, 6.45) is 0.866. The van der Waals surface area contributed by atoms with Crippen molar-refractivity contribution in [3.8, 4) is 0 Å². The minimum Gasteiger partial charge on any atom is -0.324 e. The zero-order valence-corrected chi connectivity index (χ0v) is 13.3. The van der Waals surface area contributed by atoms with E-state index in [1.165, 1.54) is 27.8 Å². The predicted octanol–water partition coefficient (Wildman–Crippen LogP) is 4.62. The Balaban J connectivity index is 2.25. The summed E-state index contributed by atoms with van der Waals surface area (Å²) in [4.78, 5) is 0. The average molecular weight is 318 g/mol. The van der Waals surface area contributed by atoms with Gasteiger partial charge in [-0.05, 0) is 43.9 Å². The van der Waals surface area contributed by atoms with Gasteiger partial charge in [0, 0.05) is 10.5 Å². The summed E-state index contributed by atoms with van der Waals surface area (Å²) in [7, 11) is 0. The highest BCUT2D eigenvalue weighted by molar-refractivity contribution is 9.10. The predicted molar refractivity (Wildman–Crippen MR) is 85.4 cm³/mol. The van der Waals surface area contributed by atoms with E-state index in [4.69, 9.17) is 5.73 Å². The molecule has 2 N–H and O–H groups in total. The van der Waals surface area contributed by atoms with Crippen LogP contribution in [0.25, 0.3) is 0 Å². The highest BCUT2D eigenvalue weighted by Crippen LogP contribution is 2.27. The maximum Gasteiger partial charge on any atom is 0.0347 e. The molecule has 100 valence electrons. The first kappa shape index (κ1) is 14.3. The second-order valence-electron chi connectivity index (χ2n) is 5.28. The molecule has 19 heavy (non-hydrogen) atoms. The topological polar surface area (TPSA) is 26.0 Å². The van der Waals surface area contributed by atoms with Gasteiger partial charge >= 0.3 is 0 Å². The smallest absolute Gasteiger partial charge is 0.0347 e. The summed E-state index contributed by atoms with van der Waals surface area (Å²) in [6.45, 7) is 6.35. The lowest BCUT2D eigenvalue weighted by molar-refractivity contribution is 0.716. The maximum absolute atomic E-state index is 6.37. The molecule has 0 radical (unpaired) electrons. The molecular formula is C17H20BrN. The summed E-state index contributed by atoms with van der Waals surface area (Å²) >= 11 is 3.64. The van der Waals surface area contributed by atoms with Crippen LogP contribution in [0, 0.1) is 20.8 Å². The minimum atomic E-state index is 0.0236. The van der Waals surface area contributed by atoms with Crippen molar-refractivity contribution in [3.63, 3.8) is 0 Å². The second kappa shape index (κ2) is 5.89. The van der Waals surface area contributed by atoms with Gasteiger partial charge in [-0.3, -0.25) is 0 Å². The fourth-order valence-corrected chi connectivity index (χ4v) is 3.07. The third-order valence-electron chi connectivity index (χ3n) is 3.36. The van der Waals surface area contributed by atoms with Crippen molar-refractivity contribution < 1.29 is 0 Å². The molecule has 2 aromatic rings. The van der Waals surface area contributed by atoms with Crippen LogP contribution in [0.2, 0.25) is 0 Å². The third kappa shape index (κ3) is 3.46. The Morgan fingerprint density at radius 1 is 1.05 bits per heavy atom. The Morgan fingerprint density at radius 2 is 1.68 bits per heavy atom. The molecule has 0 heterocycles. The third-order valence-corrected chi connectivity index (χ3v) is 4.44. The Morgan fingerprint density at radius 3 is 2.32 bits per heavy atom. The van der Waals surface area contributed by atoms with Gasteiger partial charge in [-0.25, -0.2) is 0 Å². The minimum absolute atomic E-state index is 0.0236. The SMILES string of the molecule is Cc1cc(C)cc(CC(N)c2cccc(C)c2Br)c1. The van der Waals surface area contributed by atoms with Crippen molar-refractivity contribution in [3.05, 3.63) is 68.7 Å². The van der Waals surface area contributed by atoms with E-state index < -0.39 is 0 Å². The lowest BCUT2D eigenvalue weighted by Crippen LogP contribution is -2.14. The van der Waals surface area contributed by atoms with Gasteiger partial charge in [0.1, 0.15) is 0 Å². The standard InChI is InChI=1S/C17H20BrN/c1-11-7-12(2)9-14(8-11)10-16(19)15-6-4-5-13(3)17(15)18/h4-9,16H,10,19H2,1-3H3.